The third-order valence-electron chi connectivity index (χ3n) is 1.06. The highest BCUT2D eigenvalue weighted by atomic mass is 16.3. The smallest absolute Gasteiger partial charge is 0.0511 e. The van der Waals surface area contributed by atoms with Gasteiger partial charge in [-0.25, -0.2) is 0 Å². The van der Waals surface area contributed by atoms with E-state index in [0.29, 0.717) is 6.04 Å². The predicted octanol–water partition coefficient (Wildman–Crippen LogP) is -0.915. The maximum atomic E-state index is 10.4. The van der Waals surface area contributed by atoms with Gasteiger partial charge >= 0.3 is 0 Å². The normalized spacial score (nSPS) is 20.9. The van der Waals surface area contributed by atoms with E-state index in [9.17, 15) is 5.11 Å². The molecule has 1 aliphatic carbocycles. The van der Waals surface area contributed by atoms with Gasteiger partial charge in [-0.05, 0) is 12.8 Å². The second kappa shape index (κ2) is 2.03. The molecule has 3 nitrogen and oxygen atoms in total. The lowest BCUT2D eigenvalue weighted by Gasteiger charge is -2.06. The summed E-state index contributed by atoms with van der Waals surface area (Å²) in [4.78, 5) is 3.76. The largest absolute Gasteiger partial charge is 0.846 e. The third kappa shape index (κ3) is 1.40. The highest BCUT2D eigenvalue weighted by Gasteiger charge is 2.18. The van der Waals surface area contributed by atoms with Crippen LogP contribution in [0.5, 0.6) is 0 Å². The van der Waals surface area contributed by atoms with E-state index in [0.717, 1.165) is 12.8 Å². The number of hydrogen-bond acceptors (Lipinski definition) is 2. The highest BCUT2D eigenvalue weighted by Crippen LogP contribution is 2.22. The van der Waals surface area contributed by atoms with Crippen LogP contribution in [0.25, 0.3) is 0 Å². The zero-order chi connectivity index (χ0) is 5.98. The van der Waals surface area contributed by atoms with Gasteiger partial charge in [0.2, 0.25) is 0 Å². The zero-order valence-electron chi connectivity index (χ0n) is 4.85. The number of nitrogens with one attached hydrogen (secondary N) is 1. The van der Waals surface area contributed by atoms with E-state index in [1.54, 1.807) is 7.05 Å². The van der Waals surface area contributed by atoms with E-state index < -0.39 is 0 Å². The molecule has 0 saturated heterocycles. The van der Waals surface area contributed by atoms with Gasteiger partial charge in [-0.15, -0.1) is 0 Å². The second-order valence-corrected chi connectivity index (χ2v) is 1.92. The molecule has 0 aliphatic heterocycles. The fourth-order valence-corrected chi connectivity index (χ4v) is 0.434. The Labute approximate surface area is 48.4 Å². The van der Waals surface area contributed by atoms with E-state index in [4.69, 9.17) is 0 Å². The molecule has 1 saturated carbocycles. The van der Waals surface area contributed by atoms with Gasteiger partial charge < -0.3 is 10.4 Å². The number of hydrogen-bond donors (Lipinski definition) is 1. The molecule has 0 aromatic rings. The van der Waals surface area contributed by atoms with E-state index in [-0.39, 0.29) is 6.02 Å². The number of nitrogens with zero attached hydrogens (tertiary/aromatic N) is 1. The average molecular weight is 113 g/mol. The molecule has 1 aliphatic rings. The van der Waals surface area contributed by atoms with Crippen LogP contribution in [-0.4, -0.2) is 19.1 Å². The average Bonchev–Trinajstić information content (AvgIpc) is 2.50. The Kier molecular flexibility index (Phi) is 1.37. The van der Waals surface area contributed by atoms with Gasteiger partial charge in [0.1, 0.15) is 0 Å². The lowest BCUT2D eigenvalue weighted by molar-refractivity contribution is -0.221. The molecule has 8 heavy (non-hydrogen) atoms. The minimum atomic E-state index is -0.187. The van der Waals surface area contributed by atoms with Crippen molar-refractivity contribution in [1.29, 1.82) is 0 Å². The first-order valence-corrected chi connectivity index (χ1v) is 2.75. The van der Waals surface area contributed by atoms with Crippen molar-refractivity contribution in [1.82, 2.24) is 5.32 Å². The maximum absolute atomic E-state index is 10.4. The van der Waals surface area contributed by atoms with Crippen LogP contribution >= 0.6 is 0 Å². The summed E-state index contributed by atoms with van der Waals surface area (Å²) in [7, 11) is 1.59. The topological polar surface area (TPSA) is 47.4 Å². The molecule has 0 spiro atoms. The molecule has 0 aromatic heterocycles. The Hall–Kier alpha value is -0.730. The Morgan fingerprint density at radius 2 is 2.38 bits per heavy atom. The van der Waals surface area contributed by atoms with Gasteiger partial charge in [0.15, 0.2) is 0 Å². The van der Waals surface area contributed by atoms with Crippen LogP contribution in [-0.2, 0) is 0 Å². The molecule has 0 atom stereocenters. The quantitative estimate of drug-likeness (QED) is 0.353. The van der Waals surface area contributed by atoms with Crippen LogP contribution in [0, 0.1) is 0 Å². The number of amidine groups is 1. The molecule has 3 heteroatoms. The van der Waals surface area contributed by atoms with Crippen molar-refractivity contribution < 1.29 is 5.11 Å². The monoisotopic (exact) mass is 113 g/mol. The first-order chi connectivity index (χ1) is 3.83. The fourth-order valence-electron chi connectivity index (χ4n) is 0.434. The van der Waals surface area contributed by atoms with Crippen molar-refractivity contribution in [2.75, 3.05) is 7.05 Å². The van der Waals surface area contributed by atoms with Crippen LogP contribution in [0.15, 0.2) is 4.99 Å². The lowest BCUT2D eigenvalue weighted by Crippen LogP contribution is -2.32. The molecule has 1 N–H and O–H groups in total. The van der Waals surface area contributed by atoms with Crippen molar-refractivity contribution in [3.63, 3.8) is 0 Å². The molecular formula is C5H9N2O-. The van der Waals surface area contributed by atoms with E-state index >= 15 is 0 Å². The maximum Gasteiger partial charge on any atom is 0.0511 e. The molecule has 1 fully saturated rings. The summed E-state index contributed by atoms with van der Waals surface area (Å²) >= 11 is 0. The molecule has 0 unspecified atom stereocenters. The highest BCUT2D eigenvalue weighted by molar-refractivity contribution is 5.68. The summed E-state index contributed by atoms with van der Waals surface area (Å²) in [5.41, 5.74) is 0. The van der Waals surface area contributed by atoms with Gasteiger partial charge in [-0.2, -0.15) is 0 Å². The standard InChI is InChI=1S/C5H10N2O/c1-6-5(8)7-4-2-3-4/h4H,2-3H2,1H3,(H2,6,7,8)/p-1. The lowest BCUT2D eigenvalue weighted by atomic mass is 10.7. The Morgan fingerprint density at radius 3 is 2.75 bits per heavy atom. The van der Waals surface area contributed by atoms with E-state index in [1.165, 1.54) is 0 Å². The number of aliphatic imine (C=N–C) groups is 1. The van der Waals surface area contributed by atoms with Gasteiger partial charge in [0.25, 0.3) is 0 Å². The Balaban J connectivity index is 2.27. The summed E-state index contributed by atoms with van der Waals surface area (Å²) in [6.45, 7) is 0. The van der Waals surface area contributed by atoms with Gasteiger partial charge in [0, 0.05) is 13.1 Å². The molecule has 0 heterocycles. The van der Waals surface area contributed by atoms with E-state index in [2.05, 4.69) is 10.3 Å². The first kappa shape index (κ1) is 5.41. The SMILES string of the molecule is CNC([O-])=NC1CC1. The Morgan fingerprint density at radius 1 is 1.75 bits per heavy atom. The van der Waals surface area contributed by atoms with Crippen LogP contribution < -0.4 is 10.4 Å². The molecule has 0 aromatic carbocycles. The van der Waals surface area contributed by atoms with Crippen LogP contribution in [0.3, 0.4) is 0 Å². The summed E-state index contributed by atoms with van der Waals surface area (Å²) in [6, 6.07) is 0.155. The first-order valence-electron chi connectivity index (χ1n) is 2.75. The van der Waals surface area contributed by atoms with Crippen molar-refractivity contribution in [2.24, 2.45) is 4.99 Å². The molecule has 46 valence electrons. The minimum absolute atomic E-state index is 0.187. The zero-order valence-corrected chi connectivity index (χ0v) is 4.85. The third-order valence-corrected chi connectivity index (χ3v) is 1.06. The number of rotatable bonds is 1. The molecule has 1 rings (SSSR count). The second-order valence-electron chi connectivity index (χ2n) is 1.92. The summed E-state index contributed by atoms with van der Waals surface area (Å²) in [5, 5.41) is 12.8. The summed E-state index contributed by atoms with van der Waals surface area (Å²) in [6.07, 6.45) is 2.18. The molecule has 0 bridgehead atoms. The Bertz CT molecular complexity index is 107. The van der Waals surface area contributed by atoms with Crippen LogP contribution in [0.2, 0.25) is 0 Å². The summed E-state index contributed by atoms with van der Waals surface area (Å²) < 4.78 is 0. The van der Waals surface area contributed by atoms with Gasteiger partial charge in [-0.3, -0.25) is 4.99 Å². The fraction of sp³-hybridized carbons (Fsp3) is 0.800. The van der Waals surface area contributed by atoms with Crippen molar-refractivity contribution in [3.8, 4) is 0 Å². The molecule has 0 amide bonds. The molecular weight excluding hydrogens is 104 g/mol. The van der Waals surface area contributed by atoms with E-state index in [1.807, 2.05) is 0 Å². The summed E-state index contributed by atoms with van der Waals surface area (Å²) in [5.74, 6) is 0. The van der Waals surface area contributed by atoms with Crippen molar-refractivity contribution in [3.05, 3.63) is 0 Å². The minimum Gasteiger partial charge on any atom is -0.846 e. The van der Waals surface area contributed by atoms with Crippen LogP contribution in [0.4, 0.5) is 0 Å². The molecule has 0 radical (unpaired) electrons. The van der Waals surface area contributed by atoms with Gasteiger partial charge in [-0.1, -0.05) is 0 Å². The van der Waals surface area contributed by atoms with Gasteiger partial charge in [0.05, 0.1) is 6.04 Å². The van der Waals surface area contributed by atoms with Crippen molar-refractivity contribution in [2.45, 2.75) is 18.9 Å². The predicted molar refractivity (Wildman–Crippen MR) is 29.5 cm³/mol. The van der Waals surface area contributed by atoms with Crippen molar-refractivity contribution >= 4 is 6.02 Å². The van der Waals surface area contributed by atoms with Crippen LogP contribution in [0.1, 0.15) is 12.8 Å².